The van der Waals surface area contributed by atoms with E-state index in [1.54, 1.807) is 6.33 Å². The summed E-state index contributed by atoms with van der Waals surface area (Å²) in [6.45, 7) is 7.06. The third-order valence-electron chi connectivity index (χ3n) is 4.85. The average Bonchev–Trinajstić information content (AvgIpc) is 3.13. The molecule has 1 aromatic carbocycles. The summed E-state index contributed by atoms with van der Waals surface area (Å²) in [6, 6.07) is 10.4. The fourth-order valence-electron chi connectivity index (χ4n) is 3.44. The molecule has 0 radical (unpaired) electrons. The largest absolute Gasteiger partial charge is 0.338 e. The number of piperidine rings is 1. The number of urea groups is 1. The molecule has 1 aromatic heterocycles. The van der Waals surface area contributed by atoms with Gasteiger partial charge in [0.05, 0.1) is 6.54 Å². The van der Waals surface area contributed by atoms with Crippen molar-refractivity contribution in [2.24, 2.45) is 5.92 Å². The van der Waals surface area contributed by atoms with Crippen molar-refractivity contribution in [1.29, 1.82) is 0 Å². The minimum atomic E-state index is -0.143. The summed E-state index contributed by atoms with van der Waals surface area (Å²) in [5, 5.41) is 13.8. The molecule has 2 amide bonds. The SMILES string of the molecule is CCn1cnnc1CNC(=O)NCC1CCCN(Cc2ccccc2)C1. The number of rotatable bonds is 7. The lowest BCUT2D eigenvalue weighted by Crippen LogP contribution is -2.43. The molecular weight excluding hydrogens is 328 g/mol. The molecule has 2 heterocycles. The van der Waals surface area contributed by atoms with E-state index in [0.29, 0.717) is 19.0 Å². The molecule has 2 aromatic rings. The van der Waals surface area contributed by atoms with Crippen LogP contribution in [0.3, 0.4) is 0 Å². The molecule has 140 valence electrons. The summed E-state index contributed by atoms with van der Waals surface area (Å²) >= 11 is 0. The molecule has 1 saturated heterocycles. The Morgan fingerprint density at radius 1 is 1.27 bits per heavy atom. The van der Waals surface area contributed by atoms with E-state index in [1.807, 2.05) is 17.6 Å². The van der Waals surface area contributed by atoms with Crippen LogP contribution in [0.2, 0.25) is 0 Å². The van der Waals surface area contributed by atoms with Crippen molar-refractivity contribution < 1.29 is 4.79 Å². The molecule has 1 aliphatic heterocycles. The molecule has 26 heavy (non-hydrogen) atoms. The third kappa shape index (κ3) is 5.29. The molecule has 7 heteroatoms. The number of nitrogens with one attached hydrogen (secondary N) is 2. The van der Waals surface area contributed by atoms with Gasteiger partial charge in [0, 0.05) is 26.2 Å². The van der Waals surface area contributed by atoms with Crippen LogP contribution in [0.25, 0.3) is 0 Å². The van der Waals surface area contributed by atoms with Crippen molar-refractivity contribution in [3.63, 3.8) is 0 Å². The van der Waals surface area contributed by atoms with Gasteiger partial charge in [0.15, 0.2) is 5.82 Å². The number of hydrogen-bond acceptors (Lipinski definition) is 4. The highest BCUT2D eigenvalue weighted by Crippen LogP contribution is 2.18. The monoisotopic (exact) mass is 356 g/mol. The van der Waals surface area contributed by atoms with Crippen LogP contribution in [0.15, 0.2) is 36.7 Å². The first-order valence-corrected chi connectivity index (χ1v) is 9.39. The van der Waals surface area contributed by atoms with Gasteiger partial charge in [-0.25, -0.2) is 4.79 Å². The van der Waals surface area contributed by atoms with Gasteiger partial charge >= 0.3 is 6.03 Å². The van der Waals surface area contributed by atoms with Gasteiger partial charge in [-0.05, 0) is 37.8 Å². The lowest BCUT2D eigenvalue weighted by molar-refractivity contribution is 0.165. The van der Waals surface area contributed by atoms with Gasteiger partial charge in [-0.2, -0.15) is 0 Å². The third-order valence-corrected chi connectivity index (χ3v) is 4.85. The van der Waals surface area contributed by atoms with Crippen molar-refractivity contribution in [2.75, 3.05) is 19.6 Å². The van der Waals surface area contributed by atoms with Crippen molar-refractivity contribution in [3.8, 4) is 0 Å². The number of aromatic nitrogens is 3. The van der Waals surface area contributed by atoms with Crippen LogP contribution in [-0.4, -0.2) is 45.3 Å². The lowest BCUT2D eigenvalue weighted by Gasteiger charge is -2.32. The minimum Gasteiger partial charge on any atom is -0.338 e. The summed E-state index contributed by atoms with van der Waals surface area (Å²) in [5.74, 6) is 1.27. The van der Waals surface area contributed by atoms with E-state index in [4.69, 9.17) is 0 Å². The Bertz CT molecular complexity index is 686. The van der Waals surface area contributed by atoms with Gasteiger partial charge in [-0.3, -0.25) is 4.90 Å². The summed E-state index contributed by atoms with van der Waals surface area (Å²) in [6.07, 6.45) is 4.02. The maximum atomic E-state index is 12.1. The lowest BCUT2D eigenvalue weighted by atomic mass is 9.97. The molecule has 1 fully saturated rings. The van der Waals surface area contributed by atoms with Crippen LogP contribution in [0.1, 0.15) is 31.2 Å². The molecule has 0 bridgehead atoms. The maximum Gasteiger partial charge on any atom is 0.315 e. The number of carbonyl (C=O) groups is 1. The molecule has 1 unspecified atom stereocenters. The zero-order valence-electron chi connectivity index (χ0n) is 15.4. The smallest absolute Gasteiger partial charge is 0.315 e. The average molecular weight is 356 g/mol. The molecule has 0 spiro atoms. The van der Waals surface area contributed by atoms with Gasteiger partial charge in [0.1, 0.15) is 6.33 Å². The Kier molecular flexibility index (Phi) is 6.60. The van der Waals surface area contributed by atoms with Crippen LogP contribution in [0.5, 0.6) is 0 Å². The number of likely N-dealkylation sites (tertiary alicyclic amines) is 1. The minimum absolute atomic E-state index is 0.143. The second kappa shape index (κ2) is 9.33. The van der Waals surface area contributed by atoms with Gasteiger partial charge < -0.3 is 15.2 Å². The maximum absolute atomic E-state index is 12.1. The molecule has 0 aliphatic carbocycles. The molecule has 0 saturated carbocycles. The molecular formula is C19H28N6O. The number of benzene rings is 1. The Morgan fingerprint density at radius 2 is 2.12 bits per heavy atom. The van der Waals surface area contributed by atoms with Gasteiger partial charge in [0.2, 0.25) is 0 Å². The first kappa shape index (κ1) is 18.4. The van der Waals surface area contributed by atoms with Gasteiger partial charge in [0.25, 0.3) is 0 Å². The summed E-state index contributed by atoms with van der Waals surface area (Å²) in [7, 11) is 0. The van der Waals surface area contributed by atoms with Gasteiger partial charge in [-0.1, -0.05) is 30.3 Å². The zero-order valence-corrected chi connectivity index (χ0v) is 15.4. The number of nitrogens with zero attached hydrogens (tertiary/aromatic N) is 4. The molecule has 3 rings (SSSR count). The van der Waals surface area contributed by atoms with Crippen molar-refractivity contribution in [1.82, 2.24) is 30.3 Å². The predicted molar refractivity (Wildman–Crippen MR) is 100 cm³/mol. The van der Waals surface area contributed by atoms with E-state index >= 15 is 0 Å². The predicted octanol–water partition coefficient (Wildman–Crippen LogP) is 2.01. The van der Waals surface area contributed by atoms with Crippen LogP contribution in [0, 0.1) is 5.92 Å². The number of hydrogen-bond donors (Lipinski definition) is 2. The number of aryl methyl sites for hydroxylation is 1. The summed E-state index contributed by atoms with van der Waals surface area (Å²) in [5.41, 5.74) is 1.35. The quantitative estimate of drug-likeness (QED) is 0.796. The van der Waals surface area contributed by atoms with E-state index in [-0.39, 0.29) is 6.03 Å². The van der Waals surface area contributed by atoms with Crippen LogP contribution in [-0.2, 0) is 19.6 Å². The molecule has 1 aliphatic rings. The normalized spacial score (nSPS) is 17.8. The van der Waals surface area contributed by atoms with E-state index in [1.165, 1.54) is 12.0 Å². The van der Waals surface area contributed by atoms with E-state index in [9.17, 15) is 4.79 Å². The van der Waals surface area contributed by atoms with E-state index in [2.05, 4.69) is 50.0 Å². The van der Waals surface area contributed by atoms with Crippen molar-refractivity contribution >= 4 is 6.03 Å². The van der Waals surface area contributed by atoms with Crippen LogP contribution in [0.4, 0.5) is 4.79 Å². The first-order chi connectivity index (χ1) is 12.7. The molecule has 2 N–H and O–H groups in total. The summed E-state index contributed by atoms with van der Waals surface area (Å²) < 4.78 is 1.92. The molecule has 7 nitrogen and oxygen atoms in total. The standard InChI is InChI=1S/C19H28N6O/c1-2-25-15-22-23-18(25)12-21-19(26)20-11-17-9-6-10-24(14-17)13-16-7-4-3-5-8-16/h3-5,7-8,15,17H,2,6,9-14H2,1H3,(H2,20,21,26). The fraction of sp³-hybridized carbons (Fsp3) is 0.526. The highest BCUT2D eigenvalue weighted by Gasteiger charge is 2.20. The fourth-order valence-corrected chi connectivity index (χ4v) is 3.44. The molecule has 1 atom stereocenters. The van der Waals surface area contributed by atoms with Gasteiger partial charge in [-0.15, -0.1) is 10.2 Å². The Morgan fingerprint density at radius 3 is 2.92 bits per heavy atom. The van der Waals surface area contributed by atoms with E-state index < -0.39 is 0 Å². The van der Waals surface area contributed by atoms with Crippen LogP contribution < -0.4 is 10.6 Å². The Hall–Kier alpha value is -2.41. The highest BCUT2D eigenvalue weighted by atomic mass is 16.2. The Balaban J connectivity index is 1.39. The van der Waals surface area contributed by atoms with Crippen LogP contribution >= 0.6 is 0 Å². The van der Waals surface area contributed by atoms with Crippen molar-refractivity contribution in [3.05, 3.63) is 48.0 Å². The number of amides is 2. The van der Waals surface area contributed by atoms with E-state index in [0.717, 1.165) is 38.4 Å². The number of carbonyl (C=O) groups excluding carboxylic acids is 1. The second-order valence-electron chi connectivity index (χ2n) is 6.83. The topological polar surface area (TPSA) is 75.1 Å². The zero-order chi connectivity index (χ0) is 18.2. The van der Waals surface area contributed by atoms with Crippen molar-refractivity contribution in [2.45, 2.75) is 39.4 Å². The summed E-state index contributed by atoms with van der Waals surface area (Å²) in [4.78, 5) is 14.5. The first-order valence-electron chi connectivity index (χ1n) is 9.39. The second-order valence-corrected chi connectivity index (χ2v) is 6.83. The highest BCUT2D eigenvalue weighted by molar-refractivity contribution is 5.73. The Labute approximate surface area is 154 Å².